The fraction of sp³-hybridized carbons (Fsp3) is 0.556. The molecule has 1 saturated heterocycles. The Morgan fingerprint density at radius 3 is 2.26 bits per heavy atom. The maximum Gasteiger partial charge on any atom is 0.326 e. The minimum absolute atomic E-state index is 0.0114. The van der Waals surface area contributed by atoms with Crippen LogP contribution >= 0.6 is 0 Å². The molecule has 0 aromatic heterocycles. The summed E-state index contributed by atoms with van der Waals surface area (Å²) >= 11 is 0. The number of hydrogen-bond donors (Lipinski definition) is 3. The standard InChI is InChI=1S/C27H39N5O7/c1-18(2)11-20-26(38)29-12-23(35)32(16-22(34)30-27(3,4)5)17-24(36)31(14-19-9-7-6-8-10-19)15-21(33)28-13-25(37)39-20/h6-10,18,20H,11-17H2,1-5H3,(H,28,33)(H,29,38)(H,30,34). The average Bonchev–Trinajstić information content (AvgIpc) is 2.83. The van der Waals surface area contributed by atoms with E-state index < -0.39 is 79.9 Å². The molecule has 1 aromatic rings. The van der Waals surface area contributed by atoms with Crippen molar-refractivity contribution in [3.63, 3.8) is 0 Å². The van der Waals surface area contributed by atoms with Crippen LogP contribution in [0.25, 0.3) is 0 Å². The monoisotopic (exact) mass is 545 g/mol. The molecule has 1 aliphatic rings. The fourth-order valence-electron chi connectivity index (χ4n) is 3.79. The van der Waals surface area contributed by atoms with Crippen molar-refractivity contribution in [1.82, 2.24) is 25.8 Å². The molecule has 0 radical (unpaired) electrons. The molecule has 0 saturated carbocycles. The summed E-state index contributed by atoms with van der Waals surface area (Å²) in [6, 6.07) is 8.94. The minimum Gasteiger partial charge on any atom is -0.451 e. The lowest BCUT2D eigenvalue weighted by Gasteiger charge is -2.28. The number of ether oxygens (including phenoxy) is 1. The zero-order valence-corrected chi connectivity index (χ0v) is 23.2. The van der Waals surface area contributed by atoms with Gasteiger partial charge in [0, 0.05) is 12.1 Å². The number of nitrogens with zero attached hydrogens (tertiary/aromatic N) is 2. The topological polar surface area (TPSA) is 154 Å². The molecule has 214 valence electrons. The summed E-state index contributed by atoms with van der Waals surface area (Å²) < 4.78 is 5.29. The van der Waals surface area contributed by atoms with Gasteiger partial charge in [0.1, 0.15) is 19.6 Å². The lowest BCUT2D eigenvalue weighted by Crippen LogP contribution is -2.53. The SMILES string of the molecule is CC(C)CC1OC(=O)CNC(=O)CN(Cc2ccccc2)C(=O)CN(CC(=O)NC(C)(C)C)C(=O)CNC1=O. The number of cyclic esters (lactones) is 1. The first kappa shape index (κ1) is 31.3. The van der Waals surface area contributed by atoms with Crippen LogP contribution in [0.5, 0.6) is 0 Å². The maximum atomic E-state index is 13.4. The highest BCUT2D eigenvalue weighted by Crippen LogP contribution is 2.10. The van der Waals surface area contributed by atoms with Crippen LogP contribution in [0.1, 0.15) is 46.6 Å². The van der Waals surface area contributed by atoms with Gasteiger partial charge in [-0.3, -0.25) is 28.8 Å². The highest BCUT2D eigenvalue weighted by atomic mass is 16.5. The van der Waals surface area contributed by atoms with E-state index in [4.69, 9.17) is 4.74 Å². The molecule has 3 N–H and O–H groups in total. The predicted molar refractivity (Wildman–Crippen MR) is 142 cm³/mol. The molecule has 12 nitrogen and oxygen atoms in total. The third-order valence-corrected chi connectivity index (χ3v) is 5.53. The number of benzene rings is 1. The van der Waals surface area contributed by atoms with Crippen LogP contribution in [0, 0.1) is 5.92 Å². The van der Waals surface area contributed by atoms with Gasteiger partial charge in [-0.1, -0.05) is 44.2 Å². The van der Waals surface area contributed by atoms with Gasteiger partial charge in [-0.15, -0.1) is 0 Å². The van der Waals surface area contributed by atoms with E-state index in [9.17, 15) is 28.8 Å². The Morgan fingerprint density at radius 1 is 0.974 bits per heavy atom. The third-order valence-electron chi connectivity index (χ3n) is 5.53. The summed E-state index contributed by atoms with van der Waals surface area (Å²) in [6.45, 7) is 6.72. The van der Waals surface area contributed by atoms with Crippen LogP contribution in [-0.4, -0.2) is 89.7 Å². The smallest absolute Gasteiger partial charge is 0.326 e. The van der Waals surface area contributed by atoms with Crippen molar-refractivity contribution in [3.8, 4) is 0 Å². The first-order valence-electron chi connectivity index (χ1n) is 12.9. The van der Waals surface area contributed by atoms with Crippen LogP contribution in [0.2, 0.25) is 0 Å². The molecule has 1 heterocycles. The Morgan fingerprint density at radius 2 is 1.64 bits per heavy atom. The molecule has 0 aliphatic carbocycles. The average molecular weight is 546 g/mol. The summed E-state index contributed by atoms with van der Waals surface area (Å²) in [5, 5.41) is 7.62. The number of nitrogens with one attached hydrogen (secondary N) is 3. The molecule has 5 amide bonds. The number of hydrogen-bond acceptors (Lipinski definition) is 7. The lowest BCUT2D eigenvalue weighted by molar-refractivity contribution is -0.156. The molecule has 1 unspecified atom stereocenters. The van der Waals surface area contributed by atoms with Gasteiger partial charge in [0.15, 0.2) is 6.10 Å². The van der Waals surface area contributed by atoms with E-state index in [1.165, 1.54) is 4.90 Å². The zero-order chi connectivity index (χ0) is 29.2. The molecule has 0 bridgehead atoms. The fourth-order valence-corrected chi connectivity index (χ4v) is 3.79. The molecule has 1 aromatic carbocycles. The second-order valence-corrected chi connectivity index (χ2v) is 10.9. The van der Waals surface area contributed by atoms with Gasteiger partial charge >= 0.3 is 5.97 Å². The van der Waals surface area contributed by atoms with Crippen molar-refractivity contribution in [2.45, 2.75) is 59.2 Å². The molecule has 1 aliphatic heterocycles. The van der Waals surface area contributed by atoms with E-state index >= 15 is 0 Å². The van der Waals surface area contributed by atoms with Gasteiger partial charge in [0.2, 0.25) is 23.6 Å². The Balaban J connectivity index is 2.36. The Kier molecular flexibility index (Phi) is 11.4. The summed E-state index contributed by atoms with van der Waals surface area (Å²) in [5.74, 6) is -3.93. The number of esters is 1. The van der Waals surface area contributed by atoms with Gasteiger partial charge in [0.25, 0.3) is 5.91 Å². The highest BCUT2D eigenvalue weighted by molar-refractivity contribution is 5.94. The van der Waals surface area contributed by atoms with Crippen molar-refractivity contribution in [3.05, 3.63) is 35.9 Å². The van der Waals surface area contributed by atoms with Gasteiger partial charge in [-0.25, -0.2) is 0 Å². The molecule has 12 heteroatoms. The predicted octanol–water partition coefficient (Wildman–Crippen LogP) is -0.0376. The molecule has 1 fully saturated rings. The van der Waals surface area contributed by atoms with Crippen molar-refractivity contribution in [2.75, 3.05) is 32.7 Å². The molecule has 1 atom stereocenters. The number of carbonyl (C=O) groups excluding carboxylic acids is 6. The molecule has 0 spiro atoms. The minimum atomic E-state index is -1.18. The van der Waals surface area contributed by atoms with Crippen LogP contribution in [-0.2, 0) is 40.0 Å². The third kappa shape index (κ3) is 11.5. The maximum absolute atomic E-state index is 13.4. The van der Waals surface area contributed by atoms with Gasteiger partial charge in [-0.2, -0.15) is 0 Å². The Labute approximate surface area is 228 Å². The first-order chi connectivity index (χ1) is 18.2. The van der Waals surface area contributed by atoms with Crippen molar-refractivity contribution in [1.29, 1.82) is 0 Å². The molecular formula is C27H39N5O7. The van der Waals surface area contributed by atoms with Gasteiger partial charge < -0.3 is 30.5 Å². The Bertz CT molecular complexity index is 1050. The van der Waals surface area contributed by atoms with Gasteiger partial charge in [0.05, 0.1) is 13.1 Å². The van der Waals surface area contributed by atoms with E-state index in [1.54, 1.807) is 45.0 Å². The summed E-state index contributed by atoms with van der Waals surface area (Å²) in [6.07, 6.45) is -0.984. The van der Waals surface area contributed by atoms with Crippen LogP contribution in [0.15, 0.2) is 30.3 Å². The van der Waals surface area contributed by atoms with Crippen LogP contribution in [0.3, 0.4) is 0 Å². The van der Waals surface area contributed by atoms with E-state index in [-0.39, 0.29) is 18.9 Å². The van der Waals surface area contributed by atoms with Crippen LogP contribution in [0.4, 0.5) is 0 Å². The van der Waals surface area contributed by atoms with E-state index in [0.717, 1.165) is 10.5 Å². The summed E-state index contributed by atoms with van der Waals surface area (Å²) in [7, 11) is 0. The molecule has 2 rings (SSSR count). The zero-order valence-electron chi connectivity index (χ0n) is 23.2. The van der Waals surface area contributed by atoms with Crippen molar-refractivity contribution in [2.24, 2.45) is 5.92 Å². The number of amides is 5. The number of rotatable bonds is 6. The highest BCUT2D eigenvalue weighted by Gasteiger charge is 2.29. The first-order valence-corrected chi connectivity index (χ1v) is 12.9. The quantitative estimate of drug-likeness (QED) is 0.424. The van der Waals surface area contributed by atoms with E-state index in [1.807, 2.05) is 19.9 Å². The van der Waals surface area contributed by atoms with Crippen molar-refractivity contribution >= 4 is 35.5 Å². The largest absolute Gasteiger partial charge is 0.451 e. The molecular weight excluding hydrogens is 506 g/mol. The van der Waals surface area contributed by atoms with Gasteiger partial charge in [-0.05, 0) is 38.7 Å². The van der Waals surface area contributed by atoms with E-state index in [2.05, 4.69) is 16.0 Å². The summed E-state index contributed by atoms with van der Waals surface area (Å²) in [4.78, 5) is 79.3. The molecule has 39 heavy (non-hydrogen) atoms. The Hall–Kier alpha value is -3.96. The normalized spacial score (nSPS) is 18.6. The second kappa shape index (κ2) is 14.3. The van der Waals surface area contributed by atoms with Crippen LogP contribution < -0.4 is 16.0 Å². The van der Waals surface area contributed by atoms with Crippen molar-refractivity contribution < 1.29 is 33.5 Å². The van der Waals surface area contributed by atoms with E-state index in [0.29, 0.717) is 0 Å². The second-order valence-electron chi connectivity index (χ2n) is 10.9. The number of carbonyl (C=O) groups is 6. The summed E-state index contributed by atoms with van der Waals surface area (Å²) in [5.41, 5.74) is 0.160. The lowest BCUT2D eigenvalue weighted by atomic mass is 10.1.